The predicted octanol–water partition coefficient (Wildman–Crippen LogP) is 4.47. The summed E-state index contributed by atoms with van der Waals surface area (Å²) >= 11 is 0. The molecule has 1 unspecified atom stereocenters. The van der Waals surface area contributed by atoms with Gasteiger partial charge in [-0.2, -0.15) is 0 Å². The minimum Gasteiger partial charge on any atom is -0.496 e. The lowest BCUT2D eigenvalue weighted by atomic mass is 9.94. The topological polar surface area (TPSA) is 55.4 Å². The summed E-state index contributed by atoms with van der Waals surface area (Å²) in [4.78, 5) is 0.278. The second-order valence-corrected chi connectivity index (χ2v) is 8.48. The Morgan fingerprint density at radius 1 is 0.960 bits per heavy atom. The van der Waals surface area contributed by atoms with Crippen LogP contribution >= 0.6 is 0 Å². The molecule has 2 aromatic carbocycles. The molecular weight excluding hydrogens is 334 g/mol. The van der Waals surface area contributed by atoms with Gasteiger partial charge in [-0.3, -0.25) is 0 Å². The third kappa shape index (κ3) is 4.41. The first-order valence-electron chi connectivity index (χ1n) is 8.43. The van der Waals surface area contributed by atoms with E-state index in [1.807, 2.05) is 32.9 Å². The number of nitrogens with one attached hydrogen (secondary N) is 1. The Bertz CT molecular complexity index is 840. The molecule has 0 aliphatic heterocycles. The molecule has 0 amide bonds. The van der Waals surface area contributed by atoms with Crippen LogP contribution in [0, 0.1) is 13.8 Å². The third-order valence-corrected chi connectivity index (χ3v) is 5.93. The average Bonchev–Trinajstić information content (AvgIpc) is 2.53. The van der Waals surface area contributed by atoms with Gasteiger partial charge in [0.15, 0.2) is 0 Å². The summed E-state index contributed by atoms with van der Waals surface area (Å²) in [6, 6.07) is 10.5. The molecular formula is C20H27NO3S. The van der Waals surface area contributed by atoms with Crippen molar-refractivity contribution >= 4 is 10.0 Å². The maximum Gasteiger partial charge on any atom is 0.241 e. The van der Waals surface area contributed by atoms with Gasteiger partial charge in [-0.25, -0.2) is 13.1 Å². The molecule has 2 rings (SSSR count). The Balaban J connectivity index is 2.35. The van der Waals surface area contributed by atoms with E-state index >= 15 is 0 Å². The van der Waals surface area contributed by atoms with Crippen molar-refractivity contribution in [1.29, 1.82) is 0 Å². The van der Waals surface area contributed by atoms with E-state index in [1.165, 1.54) is 0 Å². The van der Waals surface area contributed by atoms with Crippen LogP contribution in [-0.2, 0) is 10.0 Å². The molecule has 0 saturated carbocycles. The van der Waals surface area contributed by atoms with E-state index in [-0.39, 0.29) is 16.9 Å². The van der Waals surface area contributed by atoms with Crippen molar-refractivity contribution in [3.8, 4) is 5.75 Å². The van der Waals surface area contributed by atoms with Crippen molar-refractivity contribution < 1.29 is 13.2 Å². The van der Waals surface area contributed by atoms with Crippen LogP contribution < -0.4 is 9.46 Å². The van der Waals surface area contributed by atoms with Gasteiger partial charge in [-0.1, -0.05) is 31.5 Å². The number of benzene rings is 2. The second-order valence-electron chi connectivity index (χ2n) is 6.76. The Morgan fingerprint density at radius 3 is 2.08 bits per heavy atom. The molecule has 0 aromatic heterocycles. The quantitative estimate of drug-likeness (QED) is 0.825. The fourth-order valence-electron chi connectivity index (χ4n) is 2.89. The lowest BCUT2D eigenvalue weighted by Gasteiger charge is -2.21. The van der Waals surface area contributed by atoms with Crippen LogP contribution in [0.15, 0.2) is 41.3 Å². The summed E-state index contributed by atoms with van der Waals surface area (Å²) in [7, 11) is -1.91. The fourth-order valence-corrected chi connectivity index (χ4v) is 4.11. The van der Waals surface area contributed by atoms with Gasteiger partial charge in [0.05, 0.1) is 12.0 Å². The predicted molar refractivity (Wildman–Crippen MR) is 102 cm³/mol. The van der Waals surface area contributed by atoms with E-state index in [0.29, 0.717) is 0 Å². The molecule has 2 aromatic rings. The highest BCUT2D eigenvalue weighted by Crippen LogP contribution is 2.32. The van der Waals surface area contributed by atoms with Crippen LogP contribution in [0.5, 0.6) is 5.75 Å². The van der Waals surface area contributed by atoms with E-state index in [9.17, 15) is 8.42 Å². The maximum atomic E-state index is 12.6. The Morgan fingerprint density at radius 2 is 1.56 bits per heavy atom. The highest BCUT2D eigenvalue weighted by atomic mass is 32.2. The average molecular weight is 362 g/mol. The molecule has 0 aliphatic carbocycles. The van der Waals surface area contributed by atoms with Crippen LogP contribution in [0.25, 0.3) is 0 Å². The summed E-state index contributed by atoms with van der Waals surface area (Å²) in [5.41, 5.74) is 4.06. The first kappa shape index (κ1) is 19.5. The first-order chi connectivity index (χ1) is 11.7. The van der Waals surface area contributed by atoms with E-state index in [0.717, 1.165) is 28.0 Å². The van der Waals surface area contributed by atoms with Crippen molar-refractivity contribution in [2.45, 2.75) is 51.5 Å². The first-order valence-corrected chi connectivity index (χ1v) is 9.91. The van der Waals surface area contributed by atoms with Gasteiger partial charge in [0.1, 0.15) is 5.75 Å². The number of methoxy groups -OCH3 is 1. The minimum atomic E-state index is -3.57. The molecule has 5 heteroatoms. The smallest absolute Gasteiger partial charge is 0.241 e. The Kier molecular flexibility index (Phi) is 5.91. The number of rotatable bonds is 6. The summed E-state index contributed by atoms with van der Waals surface area (Å²) in [5.74, 6) is 1.13. The summed E-state index contributed by atoms with van der Waals surface area (Å²) < 4.78 is 33.5. The third-order valence-electron chi connectivity index (χ3n) is 4.37. The molecule has 0 saturated heterocycles. The van der Waals surface area contributed by atoms with Crippen LogP contribution in [0.2, 0.25) is 0 Å². The van der Waals surface area contributed by atoms with Gasteiger partial charge >= 0.3 is 0 Å². The van der Waals surface area contributed by atoms with Crippen molar-refractivity contribution in [3.63, 3.8) is 0 Å². The summed E-state index contributed by atoms with van der Waals surface area (Å²) in [6.07, 6.45) is 0. The standard InChI is InChI=1S/C20H27NO3S/c1-13(2)18-12-19(15(4)11-20(18)24-6)16(5)21-25(22,23)17-9-7-14(3)8-10-17/h7-13,16,21H,1-6H3. The van der Waals surface area contributed by atoms with Gasteiger partial charge in [0.25, 0.3) is 0 Å². The normalized spacial score (nSPS) is 13.1. The molecule has 1 atom stereocenters. The van der Waals surface area contributed by atoms with Crippen molar-refractivity contribution in [1.82, 2.24) is 4.72 Å². The fraction of sp³-hybridized carbons (Fsp3) is 0.400. The molecule has 0 radical (unpaired) electrons. The second kappa shape index (κ2) is 7.58. The van der Waals surface area contributed by atoms with Crippen molar-refractivity contribution in [2.75, 3.05) is 7.11 Å². The molecule has 136 valence electrons. The van der Waals surface area contributed by atoms with E-state index < -0.39 is 10.0 Å². The number of hydrogen-bond acceptors (Lipinski definition) is 3. The van der Waals surface area contributed by atoms with Gasteiger partial charge in [-0.15, -0.1) is 0 Å². The Labute approximate surface area is 151 Å². The van der Waals surface area contributed by atoms with E-state index in [2.05, 4.69) is 18.6 Å². The van der Waals surface area contributed by atoms with Gasteiger partial charge < -0.3 is 4.74 Å². The SMILES string of the molecule is COc1cc(C)c(C(C)NS(=O)(=O)c2ccc(C)cc2)cc1C(C)C. The summed E-state index contributed by atoms with van der Waals surface area (Å²) in [6.45, 7) is 9.96. The molecule has 0 heterocycles. The van der Waals surface area contributed by atoms with Gasteiger partial charge in [0, 0.05) is 6.04 Å². The zero-order valence-electron chi connectivity index (χ0n) is 15.8. The molecule has 0 aliphatic rings. The van der Waals surface area contributed by atoms with Crippen LogP contribution in [0.1, 0.15) is 55.0 Å². The number of aryl methyl sites for hydroxylation is 2. The molecule has 0 spiro atoms. The number of sulfonamides is 1. The molecule has 0 fully saturated rings. The monoisotopic (exact) mass is 361 g/mol. The summed E-state index contributed by atoms with van der Waals surface area (Å²) in [5, 5.41) is 0. The highest BCUT2D eigenvalue weighted by molar-refractivity contribution is 7.89. The Hall–Kier alpha value is -1.85. The van der Waals surface area contributed by atoms with E-state index in [4.69, 9.17) is 4.74 Å². The number of ether oxygens (including phenoxy) is 1. The van der Waals surface area contributed by atoms with Crippen LogP contribution in [0.3, 0.4) is 0 Å². The minimum absolute atomic E-state index is 0.278. The highest BCUT2D eigenvalue weighted by Gasteiger charge is 2.21. The lowest BCUT2D eigenvalue weighted by Crippen LogP contribution is -2.27. The van der Waals surface area contributed by atoms with Crippen molar-refractivity contribution in [3.05, 3.63) is 58.7 Å². The number of hydrogen-bond donors (Lipinski definition) is 1. The largest absolute Gasteiger partial charge is 0.496 e. The molecule has 4 nitrogen and oxygen atoms in total. The lowest BCUT2D eigenvalue weighted by molar-refractivity contribution is 0.406. The van der Waals surface area contributed by atoms with Crippen LogP contribution in [-0.4, -0.2) is 15.5 Å². The van der Waals surface area contributed by atoms with Gasteiger partial charge in [-0.05, 0) is 67.6 Å². The van der Waals surface area contributed by atoms with Crippen molar-refractivity contribution in [2.24, 2.45) is 0 Å². The molecule has 0 bridgehead atoms. The maximum absolute atomic E-state index is 12.6. The zero-order valence-corrected chi connectivity index (χ0v) is 16.6. The zero-order chi connectivity index (χ0) is 18.8. The van der Waals surface area contributed by atoms with E-state index in [1.54, 1.807) is 31.4 Å². The van der Waals surface area contributed by atoms with Gasteiger partial charge in [0.2, 0.25) is 10.0 Å². The molecule has 25 heavy (non-hydrogen) atoms. The van der Waals surface area contributed by atoms with Crippen LogP contribution in [0.4, 0.5) is 0 Å². The molecule has 1 N–H and O–H groups in total.